The number of nitrogens with two attached hydrogens (primary N) is 1. The first-order valence-electron chi connectivity index (χ1n) is 6.60. The molecule has 2 rings (SSSR count). The van der Waals surface area contributed by atoms with Crippen LogP contribution in [0.3, 0.4) is 0 Å². The van der Waals surface area contributed by atoms with Gasteiger partial charge in [-0.1, -0.05) is 0 Å². The predicted octanol–water partition coefficient (Wildman–Crippen LogP) is 1.09. The first-order valence-corrected chi connectivity index (χ1v) is 8.04. The first kappa shape index (κ1) is 16.3. The number of hydrogen-bond acceptors (Lipinski definition) is 4. The quantitative estimate of drug-likeness (QED) is 0.901. The zero-order valence-electron chi connectivity index (χ0n) is 11.6. The van der Waals surface area contributed by atoms with Crippen LogP contribution in [0.2, 0.25) is 0 Å². The molecule has 118 valence electrons. The Labute approximate surface area is 122 Å². The summed E-state index contributed by atoms with van der Waals surface area (Å²) in [7, 11) is -2.58. The van der Waals surface area contributed by atoms with Gasteiger partial charge in [0.25, 0.3) is 0 Å². The van der Waals surface area contributed by atoms with Gasteiger partial charge < -0.3 is 10.5 Å². The molecule has 1 aromatic carbocycles. The van der Waals surface area contributed by atoms with E-state index in [0.29, 0.717) is 18.9 Å². The molecule has 0 spiro atoms. The van der Waals surface area contributed by atoms with E-state index < -0.39 is 32.6 Å². The molecule has 0 saturated carbocycles. The highest BCUT2D eigenvalue weighted by Crippen LogP contribution is 2.28. The van der Waals surface area contributed by atoms with Crippen LogP contribution in [-0.2, 0) is 14.8 Å². The summed E-state index contributed by atoms with van der Waals surface area (Å²) in [6.07, 6.45) is 0.842. The van der Waals surface area contributed by atoms with Crippen LogP contribution in [0.15, 0.2) is 23.1 Å². The van der Waals surface area contributed by atoms with Crippen LogP contribution in [0, 0.1) is 11.6 Å². The molecule has 1 aromatic rings. The number of methoxy groups -OCH3 is 1. The second kappa shape index (κ2) is 6.35. The molecule has 1 saturated heterocycles. The molecule has 21 heavy (non-hydrogen) atoms. The van der Waals surface area contributed by atoms with E-state index >= 15 is 0 Å². The van der Waals surface area contributed by atoms with E-state index in [4.69, 9.17) is 10.5 Å². The second-order valence-electron chi connectivity index (χ2n) is 4.96. The molecule has 8 heteroatoms. The Morgan fingerprint density at radius 1 is 1.43 bits per heavy atom. The van der Waals surface area contributed by atoms with E-state index in [1.165, 1.54) is 0 Å². The summed E-state index contributed by atoms with van der Waals surface area (Å²) in [6, 6.07) is 1.89. The van der Waals surface area contributed by atoms with Crippen LogP contribution >= 0.6 is 0 Å². The minimum Gasteiger partial charge on any atom is -0.381 e. The van der Waals surface area contributed by atoms with E-state index in [-0.39, 0.29) is 19.2 Å². The number of piperidine rings is 1. The van der Waals surface area contributed by atoms with Crippen LogP contribution < -0.4 is 5.73 Å². The molecule has 2 N–H and O–H groups in total. The standard InChI is InChI=1S/C13H18F2N2O3S/c1-20-11-4-5-17(10(7-11)8-16)21(18,19)13-6-9(14)2-3-12(13)15/h2-3,6,10-11H,4-5,7-8,16H2,1H3. The van der Waals surface area contributed by atoms with Crippen LogP contribution in [0.4, 0.5) is 8.78 Å². The molecule has 5 nitrogen and oxygen atoms in total. The molecule has 1 heterocycles. The zero-order chi connectivity index (χ0) is 15.6. The molecule has 1 aliphatic heterocycles. The van der Waals surface area contributed by atoms with Gasteiger partial charge in [-0.25, -0.2) is 17.2 Å². The summed E-state index contributed by atoms with van der Waals surface area (Å²) < 4.78 is 58.5. The van der Waals surface area contributed by atoms with Gasteiger partial charge in [0, 0.05) is 26.2 Å². The highest BCUT2D eigenvalue weighted by atomic mass is 32.2. The van der Waals surface area contributed by atoms with Gasteiger partial charge in [0.2, 0.25) is 10.0 Å². The molecule has 2 unspecified atom stereocenters. The Kier molecular flexibility index (Phi) is 4.92. The van der Waals surface area contributed by atoms with Gasteiger partial charge in [0.15, 0.2) is 0 Å². The SMILES string of the molecule is COC1CCN(S(=O)(=O)c2cc(F)ccc2F)C(CN)C1. The Balaban J connectivity index is 2.36. The van der Waals surface area contributed by atoms with Gasteiger partial charge in [-0.15, -0.1) is 0 Å². The maximum absolute atomic E-state index is 13.8. The zero-order valence-corrected chi connectivity index (χ0v) is 12.4. The molecule has 1 aliphatic rings. The van der Waals surface area contributed by atoms with Gasteiger partial charge in [-0.3, -0.25) is 0 Å². The van der Waals surface area contributed by atoms with Gasteiger partial charge in [0.1, 0.15) is 16.5 Å². The molecular weight excluding hydrogens is 302 g/mol. The van der Waals surface area contributed by atoms with E-state index in [1.807, 2.05) is 0 Å². The van der Waals surface area contributed by atoms with Crippen LogP contribution in [0.1, 0.15) is 12.8 Å². The molecular formula is C13H18F2N2O3S. The second-order valence-corrected chi connectivity index (χ2v) is 6.82. The number of sulfonamides is 1. The smallest absolute Gasteiger partial charge is 0.246 e. The third-order valence-electron chi connectivity index (χ3n) is 3.70. The average molecular weight is 320 g/mol. The third-order valence-corrected chi connectivity index (χ3v) is 5.67. The van der Waals surface area contributed by atoms with E-state index in [9.17, 15) is 17.2 Å². The van der Waals surface area contributed by atoms with Crippen molar-refractivity contribution >= 4 is 10.0 Å². The summed E-state index contributed by atoms with van der Waals surface area (Å²) in [6.45, 7) is 0.259. The minimum atomic E-state index is -4.13. The molecule has 2 atom stereocenters. The number of rotatable bonds is 4. The Hall–Kier alpha value is -1.09. The molecule has 0 radical (unpaired) electrons. The number of ether oxygens (including phenoxy) is 1. The van der Waals surface area contributed by atoms with Crippen LogP contribution in [0.25, 0.3) is 0 Å². The van der Waals surface area contributed by atoms with Crippen molar-refractivity contribution < 1.29 is 21.9 Å². The lowest BCUT2D eigenvalue weighted by atomic mass is 10.0. The molecule has 0 amide bonds. The van der Waals surface area contributed by atoms with E-state index in [1.54, 1.807) is 7.11 Å². The van der Waals surface area contributed by atoms with Crippen molar-refractivity contribution in [2.24, 2.45) is 5.73 Å². The fourth-order valence-electron chi connectivity index (χ4n) is 2.54. The Bertz CT molecular complexity index is 609. The summed E-state index contributed by atoms with van der Waals surface area (Å²) in [5, 5.41) is 0. The number of hydrogen-bond donors (Lipinski definition) is 1. The highest BCUT2D eigenvalue weighted by molar-refractivity contribution is 7.89. The largest absolute Gasteiger partial charge is 0.381 e. The summed E-state index contributed by atoms with van der Waals surface area (Å²) in [4.78, 5) is -0.656. The number of halogens is 2. The lowest BCUT2D eigenvalue weighted by Crippen LogP contribution is -2.51. The van der Waals surface area contributed by atoms with Crippen molar-refractivity contribution in [3.05, 3.63) is 29.8 Å². The van der Waals surface area contributed by atoms with Crippen molar-refractivity contribution in [3.8, 4) is 0 Å². The molecule has 1 fully saturated rings. The van der Waals surface area contributed by atoms with E-state index in [0.717, 1.165) is 16.4 Å². The van der Waals surface area contributed by atoms with Crippen molar-refractivity contribution in [3.63, 3.8) is 0 Å². The molecule has 0 bridgehead atoms. The van der Waals surface area contributed by atoms with E-state index in [2.05, 4.69) is 0 Å². The Morgan fingerprint density at radius 3 is 2.76 bits per heavy atom. The van der Waals surface area contributed by atoms with Gasteiger partial charge in [-0.2, -0.15) is 4.31 Å². The van der Waals surface area contributed by atoms with Crippen molar-refractivity contribution in [2.45, 2.75) is 29.9 Å². The number of benzene rings is 1. The normalized spacial score (nSPS) is 24.2. The molecule has 0 aliphatic carbocycles. The fourth-order valence-corrected chi connectivity index (χ4v) is 4.28. The first-order chi connectivity index (χ1) is 9.90. The van der Waals surface area contributed by atoms with Gasteiger partial charge in [-0.05, 0) is 31.0 Å². The topological polar surface area (TPSA) is 72.6 Å². The van der Waals surface area contributed by atoms with Crippen LogP contribution in [0.5, 0.6) is 0 Å². The van der Waals surface area contributed by atoms with Crippen LogP contribution in [-0.4, -0.2) is 45.1 Å². The van der Waals surface area contributed by atoms with Gasteiger partial charge >= 0.3 is 0 Å². The number of nitrogens with zero attached hydrogens (tertiary/aromatic N) is 1. The summed E-state index contributed by atoms with van der Waals surface area (Å²) in [5.74, 6) is -1.77. The summed E-state index contributed by atoms with van der Waals surface area (Å²) >= 11 is 0. The minimum absolute atomic E-state index is 0.0812. The Morgan fingerprint density at radius 2 is 2.14 bits per heavy atom. The highest BCUT2D eigenvalue weighted by Gasteiger charge is 2.37. The lowest BCUT2D eigenvalue weighted by Gasteiger charge is -2.37. The summed E-state index contributed by atoms with van der Waals surface area (Å²) in [5.41, 5.74) is 5.62. The van der Waals surface area contributed by atoms with Gasteiger partial charge in [0.05, 0.1) is 6.10 Å². The average Bonchev–Trinajstić information content (AvgIpc) is 2.48. The molecule has 0 aromatic heterocycles. The third kappa shape index (κ3) is 3.23. The monoisotopic (exact) mass is 320 g/mol. The lowest BCUT2D eigenvalue weighted by molar-refractivity contribution is 0.0401. The fraction of sp³-hybridized carbons (Fsp3) is 0.538. The maximum atomic E-state index is 13.8. The van der Waals surface area contributed by atoms with Crippen molar-refractivity contribution in [1.82, 2.24) is 4.31 Å². The van der Waals surface area contributed by atoms with Crippen molar-refractivity contribution in [1.29, 1.82) is 0 Å². The van der Waals surface area contributed by atoms with Crippen molar-refractivity contribution in [2.75, 3.05) is 20.2 Å². The maximum Gasteiger partial charge on any atom is 0.246 e. The predicted molar refractivity (Wildman–Crippen MR) is 73.1 cm³/mol.